The van der Waals surface area contributed by atoms with Gasteiger partial charge in [0.25, 0.3) is 0 Å². The van der Waals surface area contributed by atoms with Gasteiger partial charge in [-0.05, 0) is 44.4 Å². The summed E-state index contributed by atoms with van der Waals surface area (Å²) in [5.74, 6) is -2.49. The van der Waals surface area contributed by atoms with Crippen molar-refractivity contribution in [3.8, 4) is 0 Å². The Labute approximate surface area is 118 Å². The number of aliphatic carboxylic acids is 1. The Morgan fingerprint density at radius 2 is 2.00 bits per heavy atom. The van der Waals surface area contributed by atoms with Gasteiger partial charge >= 0.3 is 5.97 Å². The third-order valence-electron chi connectivity index (χ3n) is 3.19. The molecule has 0 amide bonds. The fourth-order valence-electron chi connectivity index (χ4n) is 1.80. The zero-order chi connectivity index (χ0) is 15.3. The molecule has 20 heavy (non-hydrogen) atoms. The monoisotopic (exact) mass is 302 g/mol. The first kappa shape index (κ1) is 16.6. The summed E-state index contributed by atoms with van der Waals surface area (Å²) < 4.78 is 36.5. The van der Waals surface area contributed by atoms with Gasteiger partial charge in [-0.15, -0.1) is 0 Å². The molecule has 0 heterocycles. The molecule has 1 unspecified atom stereocenters. The molecule has 0 aromatic heterocycles. The van der Waals surface area contributed by atoms with Crippen LogP contribution in [0, 0.1) is 11.7 Å². The minimum absolute atomic E-state index is 0.0341. The summed E-state index contributed by atoms with van der Waals surface area (Å²) in [4.78, 5) is 11.2. The molecule has 1 N–H and O–H groups in total. The molecule has 1 rings (SSSR count). The molecular formula is C14H19FO4S. The first-order valence-electron chi connectivity index (χ1n) is 6.41. The van der Waals surface area contributed by atoms with Crippen LogP contribution in [0.1, 0.15) is 25.8 Å². The highest BCUT2D eigenvalue weighted by Crippen LogP contribution is 2.16. The van der Waals surface area contributed by atoms with E-state index in [1.807, 2.05) is 0 Å². The maximum Gasteiger partial charge on any atom is 0.306 e. The Kier molecular flexibility index (Phi) is 5.68. The predicted molar refractivity (Wildman–Crippen MR) is 74.8 cm³/mol. The van der Waals surface area contributed by atoms with Crippen molar-refractivity contribution in [2.45, 2.75) is 31.9 Å². The van der Waals surface area contributed by atoms with Crippen LogP contribution in [0.3, 0.4) is 0 Å². The lowest BCUT2D eigenvalue weighted by molar-refractivity contribution is -0.141. The van der Waals surface area contributed by atoms with Crippen molar-refractivity contribution < 1.29 is 22.7 Å². The highest BCUT2D eigenvalue weighted by molar-refractivity contribution is 7.91. The van der Waals surface area contributed by atoms with Crippen molar-refractivity contribution in [1.82, 2.24) is 0 Å². The molecule has 1 aromatic rings. The number of halogens is 1. The van der Waals surface area contributed by atoms with Crippen LogP contribution in [0.15, 0.2) is 24.3 Å². The Morgan fingerprint density at radius 3 is 2.50 bits per heavy atom. The second-order valence-corrected chi connectivity index (χ2v) is 7.75. The molecule has 0 aliphatic heterocycles. The average Bonchev–Trinajstić information content (AvgIpc) is 2.34. The van der Waals surface area contributed by atoms with Crippen molar-refractivity contribution in [2.75, 3.05) is 5.75 Å². The zero-order valence-corrected chi connectivity index (χ0v) is 12.4. The maximum absolute atomic E-state index is 13.1. The molecule has 0 bridgehead atoms. The molecule has 1 atom stereocenters. The first-order chi connectivity index (χ1) is 9.22. The number of hydrogen-bond donors (Lipinski definition) is 1. The van der Waals surface area contributed by atoms with Gasteiger partial charge in [-0.2, -0.15) is 0 Å². The average molecular weight is 302 g/mol. The highest BCUT2D eigenvalue weighted by atomic mass is 32.2. The third kappa shape index (κ3) is 4.92. The van der Waals surface area contributed by atoms with Crippen molar-refractivity contribution in [1.29, 1.82) is 0 Å². The van der Waals surface area contributed by atoms with Gasteiger partial charge in [0.1, 0.15) is 5.82 Å². The van der Waals surface area contributed by atoms with Gasteiger partial charge in [0.2, 0.25) is 0 Å². The van der Waals surface area contributed by atoms with Crippen LogP contribution >= 0.6 is 0 Å². The van der Waals surface area contributed by atoms with Crippen molar-refractivity contribution in [3.63, 3.8) is 0 Å². The van der Waals surface area contributed by atoms with E-state index in [4.69, 9.17) is 5.11 Å². The summed E-state index contributed by atoms with van der Waals surface area (Å²) in [5, 5.41) is 8.63. The first-order valence-corrected chi connectivity index (χ1v) is 8.12. The van der Waals surface area contributed by atoms with E-state index in [-0.39, 0.29) is 18.6 Å². The lowest BCUT2D eigenvalue weighted by atomic mass is 9.97. The fourth-order valence-corrected chi connectivity index (χ4v) is 2.89. The normalized spacial score (nSPS) is 13.4. The summed E-state index contributed by atoms with van der Waals surface area (Å²) in [6, 6.07) is 5.69. The van der Waals surface area contributed by atoms with Crippen molar-refractivity contribution in [2.24, 2.45) is 5.92 Å². The SMILES string of the molecule is CC(C)S(=O)(=O)CCC(Cc1cccc(F)c1)C(=O)O. The van der Waals surface area contributed by atoms with E-state index >= 15 is 0 Å². The van der Waals surface area contributed by atoms with Gasteiger partial charge in [0.05, 0.1) is 16.9 Å². The number of sulfone groups is 1. The van der Waals surface area contributed by atoms with E-state index in [2.05, 4.69) is 0 Å². The topological polar surface area (TPSA) is 71.4 Å². The van der Waals surface area contributed by atoms with Gasteiger partial charge in [-0.3, -0.25) is 4.79 Å². The molecule has 0 saturated carbocycles. The summed E-state index contributed by atoms with van der Waals surface area (Å²) in [6.07, 6.45) is 0.160. The van der Waals surface area contributed by atoms with Gasteiger partial charge in [0.15, 0.2) is 9.84 Å². The van der Waals surface area contributed by atoms with E-state index in [0.29, 0.717) is 5.56 Å². The molecule has 1 aromatic carbocycles. The van der Waals surface area contributed by atoms with Crippen LogP contribution in [0.2, 0.25) is 0 Å². The van der Waals surface area contributed by atoms with E-state index in [0.717, 1.165) is 0 Å². The van der Waals surface area contributed by atoms with Gasteiger partial charge in [0, 0.05) is 0 Å². The Hall–Kier alpha value is -1.43. The molecule has 0 aliphatic rings. The lowest BCUT2D eigenvalue weighted by Gasteiger charge is -2.14. The molecule has 0 radical (unpaired) electrons. The van der Waals surface area contributed by atoms with E-state index in [9.17, 15) is 17.6 Å². The summed E-state index contributed by atoms with van der Waals surface area (Å²) in [7, 11) is -3.26. The van der Waals surface area contributed by atoms with Crippen LogP contribution < -0.4 is 0 Å². The number of carboxylic acids is 1. The van der Waals surface area contributed by atoms with Gasteiger partial charge < -0.3 is 5.11 Å². The van der Waals surface area contributed by atoms with Crippen molar-refractivity contribution in [3.05, 3.63) is 35.6 Å². The smallest absolute Gasteiger partial charge is 0.306 e. The molecule has 0 fully saturated rings. The van der Waals surface area contributed by atoms with Crippen LogP contribution in [-0.4, -0.2) is 30.5 Å². The van der Waals surface area contributed by atoms with Crippen LogP contribution in [0.25, 0.3) is 0 Å². The fraction of sp³-hybridized carbons (Fsp3) is 0.500. The van der Waals surface area contributed by atoms with Crippen LogP contribution in [0.4, 0.5) is 4.39 Å². The maximum atomic E-state index is 13.1. The highest BCUT2D eigenvalue weighted by Gasteiger charge is 2.23. The van der Waals surface area contributed by atoms with Crippen LogP contribution in [-0.2, 0) is 21.1 Å². The number of carbonyl (C=O) groups is 1. The van der Waals surface area contributed by atoms with Crippen molar-refractivity contribution >= 4 is 15.8 Å². The molecule has 112 valence electrons. The van der Waals surface area contributed by atoms with Crippen LogP contribution in [0.5, 0.6) is 0 Å². The molecule has 0 spiro atoms. The third-order valence-corrected chi connectivity index (χ3v) is 5.43. The second-order valence-electron chi connectivity index (χ2n) is 5.07. The van der Waals surface area contributed by atoms with E-state index in [1.165, 1.54) is 18.2 Å². The largest absolute Gasteiger partial charge is 0.481 e. The molecule has 6 heteroatoms. The standard InChI is InChI=1S/C14H19FO4S/c1-10(2)20(18,19)7-6-12(14(16)17)8-11-4-3-5-13(15)9-11/h3-5,9-10,12H,6-8H2,1-2H3,(H,16,17). The molecule has 0 aliphatic carbocycles. The summed E-state index contributed by atoms with van der Waals surface area (Å²) >= 11 is 0. The zero-order valence-electron chi connectivity index (χ0n) is 11.5. The number of benzene rings is 1. The quantitative estimate of drug-likeness (QED) is 0.839. The minimum Gasteiger partial charge on any atom is -0.481 e. The second kappa shape index (κ2) is 6.83. The predicted octanol–water partition coefficient (Wildman–Crippen LogP) is 2.28. The number of hydrogen-bond acceptors (Lipinski definition) is 3. The summed E-state index contributed by atoms with van der Waals surface area (Å²) in [6.45, 7) is 3.13. The lowest BCUT2D eigenvalue weighted by Crippen LogP contribution is -2.24. The minimum atomic E-state index is -3.26. The molecule has 4 nitrogen and oxygen atoms in total. The Morgan fingerprint density at radius 1 is 1.35 bits per heavy atom. The molecular weight excluding hydrogens is 283 g/mol. The van der Waals surface area contributed by atoms with E-state index in [1.54, 1.807) is 19.9 Å². The number of carboxylic acid groups (broad SMARTS) is 1. The summed E-state index contributed by atoms with van der Waals surface area (Å²) in [5.41, 5.74) is 0.555. The van der Waals surface area contributed by atoms with Gasteiger partial charge in [-0.25, -0.2) is 12.8 Å². The van der Waals surface area contributed by atoms with E-state index < -0.39 is 32.8 Å². The van der Waals surface area contributed by atoms with Gasteiger partial charge in [-0.1, -0.05) is 12.1 Å². The molecule has 0 saturated heterocycles. The Bertz CT molecular complexity index is 566. The number of rotatable bonds is 7. The Balaban J connectivity index is 2.74.